The summed E-state index contributed by atoms with van der Waals surface area (Å²) in [6, 6.07) is 4.35. The van der Waals surface area contributed by atoms with Gasteiger partial charge in [0.25, 0.3) is 0 Å². The second-order valence-electron chi connectivity index (χ2n) is 4.56. The highest BCUT2D eigenvalue weighted by molar-refractivity contribution is 5.83. The Morgan fingerprint density at radius 1 is 1.35 bits per heavy atom. The van der Waals surface area contributed by atoms with Crippen LogP contribution >= 0.6 is 0 Å². The Hall–Kier alpha value is -1.81. The molecule has 0 unspecified atom stereocenters. The molecular weight excluding hydrogens is 212 g/mol. The van der Waals surface area contributed by atoms with Crippen LogP contribution in [0.4, 0.5) is 0 Å². The molecule has 2 aromatic heterocycles. The summed E-state index contributed by atoms with van der Waals surface area (Å²) in [7, 11) is 1.94. The van der Waals surface area contributed by atoms with Crippen LogP contribution in [-0.2, 0) is 6.54 Å². The van der Waals surface area contributed by atoms with Crippen molar-refractivity contribution in [2.45, 2.75) is 20.4 Å². The predicted molar refractivity (Wildman–Crippen MR) is 69.3 cm³/mol. The largest absolute Gasteiger partial charge is 0.326 e. The molecule has 4 nitrogen and oxygen atoms in total. The minimum Gasteiger partial charge on any atom is -0.326 e. The Morgan fingerprint density at radius 2 is 2.18 bits per heavy atom. The number of nitrogens with one attached hydrogen (secondary N) is 2. The molecule has 0 aliphatic rings. The number of aromatic nitrogens is 3. The molecule has 88 valence electrons. The van der Waals surface area contributed by atoms with Crippen molar-refractivity contribution in [2.24, 2.45) is 0 Å². The molecule has 0 aliphatic carbocycles. The highest BCUT2D eigenvalue weighted by atomic mass is 15.1. The van der Waals surface area contributed by atoms with E-state index in [0.29, 0.717) is 0 Å². The van der Waals surface area contributed by atoms with Crippen molar-refractivity contribution in [3.63, 3.8) is 0 Å². The first-order valence-electron chi connectivity index (χ1n) is 5.80. The van der Waals surface area contributed by atoms with E-state index in [1.54, 1.807) is 0 Å². The van der Waals surface area contributed by atoms with E-state index in [0.717, 1.165) is 23.5 Å². The standard InChI is InChI=1S/C13H16N4/c1-8-4-9(2)12-11(5-8)17-7-10(6-14-3)15-13(17)16-12/h4-5,7,14H,6H2,1-3H3,(H,15,16). The van der Waals surface area contributed by atoms with Crippen LogP contribution in [-0.4, -0.2) is 21.4 Å². The fourth-order valence-electron chi connectivity index (χ4n) is 2.37. The number of imidazole rings is 2. The predicted octanol–water partition coefficient (Wildman–Crippen LogP) is 2.15. The fraction of sp³-hybridized carbons (Fsp3) is 0.308. The number of aromatic amines is 1. The van der Waals surface area contributed by atoms with Crippen LogP contribution < -0.4 is 5.32 Å². The Labute approximate surface area is 99.7 Å². The minimum absolute atomic E-state index is 0.829. The van der Waals surface area contributed by atoms with Gasteiger partial charge in [0.2, 0.25) is 5.78 Å². The summed E-state index contributed by atoms with van der Waals surface area (Å²) in [5.74, 6) is 0.916. The SMILES string of the molecule is CNCc1cn2c(nc3c(C)cc(C)cc32)[nH]1. The highest BCUT2D eigenvalue weighted by Gasteiger charge is 2.09. The van der Waals surface area contributed by atoms with Gasteiger partial charge in [-0.05, 0) is 38.1 Å². The molecule has 0 spiro atoms. The molecule has 0 bridgehead atoms. The molecule has 17 heavy (non-hydrogen) atoms. The third-order valence-corrected chi connectivity index (χ3v) is 3.05. The average molecular weight is 228 g/mol. The van der Waals surface area contributed by atoms with E-state index >= 15 is 0 Å². The van der Waals surface area contributed by atoms with Crippen LogP contribution in [0.3, 0.4) is 0 Å². The molecule has 0 radical (unpaired) electrons. The maximum absolute atomic E-state index is 4.64. The maximum Gasteiger partial charge on any atom is 0.212 e. The number of hydrogen-bond acceptors (Lipinski definition) is 2. The van der Waals surface area contributed by atoms with Gasteiger partial charge in [-0.2, -0.15) is 0 Å². The average Bonchev–Trinajstić information content (AvgIpc) is 2.77. The number of hydrogen-bond donors (Lipinski definition) is 2. The maximum atomic E-state index is 4.64. The molecule has 3 aromatic rings. The number of nitrogens with zero attached hydrogens (tertiary/aromatic N) is 2. The van der Waals surface area contributed by atoms with Crippen LogP contribution in [0.25, 0.3) is 16.8 Å². The molecule has 1 aromatic carbocycles. The number of H-pyrrole nitrogens is 1. The van der Waals surface area contributed by atoms with Gasteiger partial charge in [-0.25, -0.2) is 4.98 Å². The van der Waals surface area contributed by atoms with E-state index < -0.39 is 0 Å². The van der Waals surface area contributed by atoms with Crippen LogP contribution in [0.2, 0.25) is 0 Å². The first kappa shape index (κ1) is 10.4. The first-order valence-corrected chi connectivity index (χ1v) is 5.80. The lowest BCUT2D eigenvalue weighted by molar-refractivity contribution is 0.797. The zero-order valence-electron chi connectivity index (χ0n) is 10.3. The van der Waals surface area contributed by atoms with Gasteiger partial charge in [-0.3, -0.25) is 4.40 Å². The molecule has 3 rings (SSSR count). The summed E-state index contributed by atoms with van der Waals surface area (Å²) < 4.78 is 2.13. The highest BCUT2D eigenvalue weighted by Crippen LogP contribution is 2.21. The third kappa shape index (κ3) is 1.52. The van der Waals surface area contributed by atoms with Gasteiger partial charge in [0.05, 0.1) is 11.0 Å². The van der Waals surface area contributed by atoms with E-state index in [2.05, 4.69) is 51.9 Å². The smallest absolute Gasteiger partial charge is 0.212 e. The number of benzene rings is 1. The number of fused-ring (bicyclic) bond motifs is 3. The quantitative estimate of drug-likeness (QED) is 0.706. The van der Waals surface area contributed by atoms with Crippen LogP contribution in [0.5, 0.6) is 0 Å². The lowest BCUT2D eigenvalue weighted by Gasteiger charge is -1.98. The summed E-state index contributed by atoms with van der Waals surface area (Å²) in [4.78, 5) is 7.96. The van der Waals surface area contributed by atoms with E-state index in [-0.39, 0.29) is 0 Å². The molecule has 0 fully saturated rings. The molecule has 2 heterocycles. The summed E-state index contributed by atoms with van der Waals surface area (Å²) in [6.45, 7) is 5.05. The fourth-order valence-corrected chi connectivity index (χ4v) is 2.37. The Bertz CT molecular complexity index is 690. The molecule has 0 saturated heterocycles. The van der Waals surface area contributed by atoms with Crippen molar-refractivity contribution in [1.29, 1.82) is 0 Å². The van der Waals surface area contributed by atoms with Gasteiger partial charge in [0.15, 0.2) is 0 Å². The van der Waals surface area contributed by atoms with Gasteiger partial charge < -0.3 is 10.3 Å². The molecule has 0 saturated carbocycles. The molecule has 0 atom stereocenters. The zero-order chi connectivity index (χ0) is 12.0. The van der Waals surface area contributed by atoms with Gasteiger partial charge in [-0.15, -0.1) is 0 Å². The van der Waals surface area contributed by atoms with E-state index in [9.17, 15) is 0 Å². The van der Waals surface area contributed by atoms with Crippen molar-refractivity contribution >= 4 is 16.8 Å². The van der Waals surface area contributed by atoms with Crippen molar-refractivity contribution in [2.75, 3.05) is 7.05 Å². The minimum atomic E-state index is 0.829. The molecule has 4 heteroatoms. The molecule has 0 amide bonds. The summed E-state index contributed by atoms with van der Waals surface area (Å²) in [5.41, 5.74) is 5.91. The van der Waals surface area contributed by atoms with Crippen molar-refractivity contribution in [3.05, 3.63) is 35.2 Å². The second kappa shape index (κ2) is 3.60. The van der Waals surface area contributed by atoms with E-state index in [4.69, 9.17) is 0 Å². The number of aryl methyl sites for hydroxylation is 2. The van der Waals surface area contributed by atoms with Crippen LogP contribution in [0.1, 0.15) is 16.8 Å². The van der Waals surface area contributed by atoms with Crippen molar-refractivity contribution in [3.8, 4) is 0 Å². The topological polar surface area (TPSA) is 45.1 Å². The lowest BCUT2D eigenvalue weighted by Crippen LogP contribution is -2.04. The normalized spacial score (nSPS) is 11.7. The summed E-state index contributed by atoms with van der Waals surface area (Å²) in [5, 5.41) is 3.13. The first-order chi connectivity index (χ1) is 8.19. The third-order valence-electron chi connectivity index (χ3n) is 3.05. The zero-order valence-corrected chi connectivity index (χ0v) is 10.3. The van der Waals surface area contributed by atoms with Crippen LogP contribution in [0.15, 0.2) is 18.3 Å². The summed E-state index contributed by atoms with van der Waals surface area (Å²) in [6.07, 6.45) is 2.11. The Morgan fingerprint density at radius 3 is 2.94 bits per heavy atom. The number of rotatable bonds is 2. The Balaban J connectivity index is 2.32. The van der Waals surface area contributed by atoms with Crippen molar-refractivity contribution < 1.29 is 0 Å². The molecule has 0 aliphatic heterocycles. The lowest BCUT2D eigenvalue weighted by atomic mass is 10.1. The molecular formula is C13H16N4. The van der Waals surface area contributed by atoms with Gasteiger partial charge >= 0.3 is 0 Å². The monoisotopic (exact) mass is 228 g/mol. The molecule has 2 N–H and O–H groups in total. The van der Waals surface area contributed by atoms with E-state index in [1.165, 1.54) is 16.6 Å². The van der Waals surface area contributed by atoms with E-state index in [1.807, 2.05) is 7.05 Å². The second-order valence-corrected chi connectivity index (χ2v) is 4.56. The van der Waals surface area contributed by atoms with Crippen molar-refractivity contribution in [1.82, 2.24) is 19.7 Å². The van der Waals surface area contributed by atoms with Gasteiger partial charge in [-0.1, -0.05) is 6.07 Å². The summed E-state index contributed by atoms with van der Waals surface area (Å²) >= 11 is 0. The Kier molecular flexibility index (Phi) is 2.19. The van der Waals surface area contributed by atoms with Gasteiger partial charge in [0.1, 0.15) is 0 Å². The van der Waals surface area contributed by atoms with Crippen LogP contribution in [0, 0.1) is 13.8 Å². The van der Waals surface area contributed by atoms with Gasteiger partial charge in [0, 0.05) is 18.4 Å².